The third kappa shape index (κ3) is 4.04. The molecule has 0 aliphatic carbocycles. The van der Waals surface area contributed by atoms with Gasteiger partial charge in [-0.1, -0.05) is 18.2 Å². The topological polar surface area (TPSA) is 75.6 Å². The lowest BCUT2D eigenvalue weighted by Gasteiger charge is -2.17. The van der Waals surface area contributed by atoms with Crippen LogP contribution < -0.4 is 5.32 Å². The van der Waals surface area contributed by atoms with Gasteiger partial charge in [0.1, 0.15) is 6.04 Å². The van der Waals surface area contributed by atoms with Crippen molar-refractivity contribution in [1.82, 2.24) is 5.32 Å². The van der Waals surface area contributed by atoms with E-state index >= 15 is 0 Å². The molecule has 5 heteroatoms. The summed E-state index contributed by atoms with van der Waals surface area (Å²) in [5.41, 5.74) is 3.19. The van der Waals surface area contributed by atoms with Gasteiger partial charge in [-0.05, 0) is 37.0 Å². The van der Waals surface area contributed by atoms with Gasteiger partial charge in [0.25, 0.3) is 0 Å². The van der Waals surface area contributed by atoms with Gasteiger partial charge in [-0.25, -0.2) is 4.79 Å². The number of carboxylic acids is 1. The molecule has 1 aromatic rings. The van der Waals surface area contributed by atoms with Crippen molar-refractivity contribution in [3.05, 3.63) is 34.9 Å². The predicted molar refractivity (Wildman–Crippen MR) is 78.1 cm³/mol. The van der Waals surface area contributed by atoms with E-state index in [1.54, 1.807) is 0 Å². The molecule has 0 unspecified atom stereocenters. The molecule has 2 N–H and O–H groups in total. The van der Waals surface area contributed by atoms with Crippen molar-refractivity contribution in [2.24, 2.45) is 5.92 Å². The van der Waals surface area contributed by atoms with Crippen LogP contribution in [-0.2, 0) is 20.7 Å². The van der Waals surface area contributed by atoms with Crippen LogP contribution in [0.25, 0.3) is 0 Å². The summed E-state index contributed by atoms with van der Waals surface area (Å²) < 4.78 is 5.16. The quantitative estimate of drug-likeness (QED) is 0.861. The van der Waals surface area contributed by atoms with Crippen molar-refractivity contribution in [1.29, 1.82) is 0 Å². The Labute approximate surface area is 124 Å². The fourth-order valence-electron chi connectivity index (χ4n) is 2.40. The van der Waals surface area contributed by atoms with E-state index in [9.17, 15) is 14.7 Å². The Morgan fingerprint density at radius 3 is 2.71 bits per heavy atom. The average molecular weight is 291 g/mol. The molecule has 0 spiro atoms. The van der Waals surface area contributed by atoms with Crippen LogP contribution in [0.1, 0.15) is 23.1 Å². The molecule has 1 fully saturated rings. The van der Waals surface area contributed by atoms with Crippen LogP contribution in [0.5, 0.6) is 0 Å². The van der Waals surface area contributed by atoms with Crippen LogP contribution >= 0.6 is 0 Å². The first-order valence-corrected chi connectivity index (χ1v) is 7.14. The third-order valence-electron chi connectivity index (χ3n) is 3.93. The van der Waals surface area contributed by atoms with Crippen LogP contribution in [0.3, 0.4) is 0 Å². The normalized spacial score (nSPS) is 19.2. The average Bonchev–Trinajstić information content (AvgIpc) is 2.96. The highest BCUT2D eigenvalue weighted by Gasteiger charge is 2.28. The molecule has 0 aromatic heterocycles. The highest BCUT2D eigenvalue weighted by molar-refractivity contribution is 5.85. The number of hydrogen-bond acceptors (Lipinski definition) is 3. The predicted octanol–water partition coefficient (Wildman–Crippen LogP) is 1.45. The van der Waals surface area contributed by atoms with Crippen LogP contribution in [0, 0.1) is 19.8 Å². The first kappa shape index (κ1) is 15.5. The molecular weight excluding hydrogens is 270 g/mol. The molecule has 1 aromatic carbocycles. The number of aliphatic carboxylic acids is 1. The number of ether oxygens (including phenoxy) is 1. The summed E-state index contributed by atoms with van der Waals surface area (Å²) >= 11 is 0. The zero-order chi connectivity index (χ0) is 15.4. The van der Waals surface area contributed by atoms with Gasteiger partial charge in [0.05, 0.1) is 12.5 Å². The molecular formula is C16H21NO4. The monoisotopic (exact) mass is 291 g/mol. The number of hydrogen-bond donors (Lipinski definition) is 2. The number of benzene rings is 1. The van der Waals surface area contributed by atoms with Crippen molar-refractivity contribution in [2.45, 2.75) is 32.7 Å². The Morgan fingerprint density at radius 2 is 2.14 bits per heavy atom. The van der Waals surface area contributed by atoms with Gasteiger partial charge in [-0.3, -0.25) is 4.79 Å². The fraction of sp³-hybridized carbons (Fsp3) is 0.500. The number of amides is 1. The second-order valence-electron chi connectivity index (χ2n) is 5.58. The van der Waals surface area contributed by atoms with Gasteiger partial charge in [0.2, 0.25) is 5.91 Å². The Morgan fingerprint density at radius 1 is 1.38 bits per heavy atom. The SMILES string of the molecule is Cc1ccc(C[C@H](NC(=O)[C@H]2CCOC2)C(=O)O)cc1C. The van der Waals surface area contributed by atoms with Gasteiger partial charge in [0, 0.05) is 13.0 Å². The first-order chi connectivity index (χ1) is 9.97. The Bertz CT molecular complexity index is 535. The summed E-state index contributed by atoms with van der Waals surface area (Å²) in [6.07, 6.45) is 0.942. The molecule has 0 radical (unpaired) electrons. The summed E-state index contributed by atoms with van der Waals surface area (Å²) in [7, 11) is 0. The number of carbonyl (C=O) groups excluding carboxylic acids is 1. The van der Waals surface area contributed by atoms with Crippen LogP contribution in [0.4, 0.5) is 0 Å². The number of carboxylic acid groups (broad SMARTS) is 1. The maximum absolute atomic E-state index is 12.0. The summed E-state index contributed by atoms with van der Waals surface area (Å²) in [6, 6.07) is 4.94. The van der Waals surface area contributed by atoms with Crippen molar-refractivity contribution >= 4 is 11.9 Å². The molecule has 1 amide bonds. The van der Waals surface area contributed by atoms with E-state index in [1.807, 2.05) is 32.0 Å². The zero-order valence-electron chi connectivity index (χ0n) is 12.4. The minimum Gasteiger partial charge on any atom is -0.480 e. The maximum Gasteiger partial charge on any atom is 0.326 e. The van der Waals surface area contributed by atoms with E-state index in [0.29, 0.717) is 19.6 Å². The van der Waals surface area contributed by atoms with Gasteiger partial charge in [0.15, 0.2) is 0 Å². The summed E-state index contributed by atoms with van der Waals surface area (Å²) in [5, 5.41) is 11.9. The second-order valence-corrected chi connectivity index (χ2v) is 5.58. The van der Waals surface area contributed by atoms with Gasteiger partial charge in [-0.15, -0.1) is 0 Å². The van der Waals surface area contributed by atoms with Gasteiger partial charge >= 0.3 is 5.97 Å². The van der Waals surface area contributed by atoms with E-state index in [-0.39, 0.29) is 18.2 Å². The van der Waals surface area contributed by atoms with Crippen LogP contribution in [-0.4, -0.2) is 36.2 Å². The highest BCUT2D eigenvalue weighted by Crippen LogP contribution is 2.14. The Kier molecular flexibility index (Phi) is 4.96. The van der Waals surface area contributed by atoms with Crippen molar-refractivity contribution < 1.29 is 19.4 Å². The minimum atomic E-state index is -1.01. The third-order valence-corrected chi connectivity index (χ3v) is 3.93. The van der Waals surface area contributed by atoms with E-state index in [1.165, 1.54) is 0 Å². The molecule has 1 heterocycles. The number of nitrogens with one attached hydrogen (secondary N) is 1. The summed E-state index contributed by atoms with van der Waals surface area (Å²) in [4.78, 5) is 23.4. The molecule has 0 bridgehead atoms. The number of rotatable bonds is 5. The smallest absolute Gasteiger partial charge is 0.326 e. The fourth-order valence-corrected chi connectivity index (χ4v) is 2.40. The standard InChI is InChI=1S/C16H21NO4/c1-10-3-4-12(7-11(10)2)8-14(16(19)20)17-15(18)13-5-6-21-9-13/h3-4,7,13-14H,5-6,8-9H2,1-2H3,(H,17,18)(H,19,20)/t13-,14-/m0/s1. The molecule has 2 rings (SSSR count). The Hall–Kier alpha value is -1.88. The van der Waals surface area contributed by atoms with Crippen molar-refractivity contribution in [2.75, 3.05) is 13.2 Å². The zero-order valence-corrected chi connectivity index (χ0v) is 12.4. The maximum atomic E-state index is 12.0. The highest BCUT2D eigenvalue weighted by atomic mass is 16.5. The molecule has 5 nitrogen and oxygen atoms in total. The van der Waals surface area contributed by atoms with Crippen molar-refractivity contribution in [3.8, 4) is 0 Å². The molecule has 1 aliphatic heterocycles. The first-order valence-electron chi connectivity index (χ1n) is 7.14. The van der Waals surface area contributed by atoms with E-state index in [2.05, 4.69) is 5.32 Å². The van der Waals surface area contributed by atoms with Crippen LogP contribution in [0.2, 0.25) is 0 Å². The number of carbonyl (C=O) groups is 2. The summed E-state index contributed by atoms with van der Waals surface area (Å²) in [5.74, 6) is -1.48. The summed E-state index contributed by atoms with van der Waals surface area (Å²) in [6.45, 7) is 4.94. The lowest BCUT2D eigenvalue weighted by Crippen LogP contribution is -2.45. The molecule has 1 saturated heterocycles. The molecule has 114 valence electrons. The largest absolute Gasteiger partial charge is 0.480 e. The Balaban J connectivity index is 2.03. The minimum absolute atomic E-state index is 0.230. The van der Waals surface area contributed by atoms with Crippen LogP contribution in [0.15, 0.2) is 18.2 Å². The lowest BCUT2D eigenvalue weighted by molar-refractivity contribution is -0.142. The molecule has 21 heavy (non-hydrogen) atoms. The second kappa shape index (κ2) is 6.72. The van der Waals surface area contributed by atoms with E-state index in [0.717, 1.165) is 16.7 Å². The molecule has 1 aliphatic rings. The van der Waals surface area contributed by atoms with Gasteiger partial charge in [-0.2, -0.15) is 0 Å². The van der Waals surface area contributed by atoms with Crippen molar-refractivity contribution in [3.63, 3.8) is 0 Å². The van der Waals surface area contributed by atoms with E-state index in [4.69, 9.17) is 4.74 Å². The molecule has 0 saturated carbocycles. The van der Waals surface area contributed by atoms with Gasteiger partial charge < -0.3 is 15.2 Å². The lowest BCUT2D eigenvalue weighted by atomic mass is 10.00. The van der Waals surface area contributed by atoms with E-state index < -0.39 is 12.0 Å². The number of aryl methyl sites for hydroxylation is 2. The molecule has 2 atom stereocenters.